The molecule has 27 heavy (non-hydrogen) atoms. The molecule has 1 atom stereocenters. The zero-order valence-electron chi connectivity index (χ0n) is 15.5. The predicted molar refractivity (Wildman–Crippen MR) is 109 cm³/mol. The van der Waals surface area contributed by atoms with Crippen molar-refractivity contribution in [2.75, 3.05) is 5.32 Å². The molecule has 1 unspecified atom stereocenters. The van der Waals surface area contributed by atoms with Crippen molar-refractivity contribution in [2.24, 2.45) is 5.92 Å². The molecule has 3 aromatic rings. The second-order valence-electron chi connectivity index (χ2n) is 6.39. The van der Waals surface area contributed by atoms with Crippen LogP contribution >= 0.6 is 23.1 Å². The maximum absolute atomic E-state index is 12.6. The molecular weight excluding hydrogens is 380 g/mol. The Morgan fingerprint density at radius 3 is 2.81 bits per heavy atom. The Hall–Kier alpha value is -2.26. The van der Waals surface area contributed by atoms with Crippen molar-refractivity contribution in [3.05, 3.63) is 36.1 Å². The van der Waals surface area contributed by atoms with Gasteiger partial charge in [0.15, 0.2) is 16.1 Å². The van der Waals surface area contributed by atoms with E-state index in [4.69, 9.17) is 0 Å². The van der Waals surface area contributed by atoms with Crippen LogP contribution in [0.15, 0.2) is 41.3 Å². The SMILES string of the molecule is CCC(Sc1nnc(-c2cccnc2)n1CC(C)C)C(=O)Nc1nccs1. The molecular formula is C18H22N6OS2. The fourth-order valence-corrected chi connectivity index (χ4v) is 4.03. The third kappa shape index (κ3) is 4.92. The monoisotopic (exact) mass is 402 g/mol. The highest BCUT2D eigenvalue weighted by molar-refractivity contribution is 8.00. The largest absolute Gasteiger partial charge is 0.302 e. The molecule has 9 heteroatoms. The van der Waals surface area contributed by atoms with E-state index in [2.05, 4.69) is 43.9 Å². The zero-order valence-corrected chi connectivity index (χ0v) is 17.1. The fourth-order valence-electron chi connectivity index (χ4n) is 2.53. The molecule has 1 N–H and O–H groups in total. The number of hydrogen-bond donors (Lipinski definition) is 1. The number of carbonyl (C=O) groups excluding carboxylic acids is 1. The van der Waals surface area contributed by atoms with Crippen LogP contribution in [0.25, 0.3) is 11.4 Å². The first-order chi connectivity index (χ1) is 13.1. The van der Waals surface area contributed by atoms with Gasteiger partial charge in [0.25, 0.3) is 0 Å². The number of aromatic nitrogens is 5. The minimum Gasteiger partial charge on any atom is -0.302 e. The van der Waals surface area contributed by atoms with Gasteiger partial charge in [-0.3, -0.25) is 9.78 Å². The van der Waals surface area contributed by atoms with E-state index in [1.165, 1.54) is 23.1 Å². The van der Waals surface area contributed by atoms with Crippen LogP contribution in [0.4, 0.5) is 5.13 Å². The van der Waals surface area contributed by atoms with Crippen LogP contribution in [0.2, 0.25) is 0 Å². The summed E-state index contributed by atoms with van der Waals surface area (Å²) in [5.41, 5.74) is 0.915. The van der Waals surface area contributed by atoms with Crippen molar-refractivity contribution < 1.29 is 4.79 Å². The van der Waals surface area contributed by atoms with Gasteiger partial charge in [-0.2, -0.15) is 0 Å². The van der Waals surface area contributed by atoms with Gasteiger partial charge in [0, 0.05) is 36.1 Å². The van der Waals surface area contributed by atoms with Crippen molar-refractivity contribution in [2.45, 2.75) is 44.1 Å². The van der Waals surface area contributed by atoms with Crippen molar-refractivity contribution in [3.63, 3.8) is 0 Å². The number of nitrogens with zero attached hydrogens (tertiary/aromatic N) is 5. The summed E-state index contributed by atoms with van der Waals surface area (Å²) < 4.78 is 2.08. The average Bonchev–Trinajstić information content (AvgIpc) is 3.30. The van der Waals surface area contributed by atoms with E-state index < -0.39 is 0 Å². The number of hydrogen-bond acceptors (Lipinski definition) is 7. The Morgan fingerprint density at radius 1 is 1.33 bits per heavy atom. The third-order valence-electron chi connectivity index (χ3n) is 3.76. The second kappa shape index (κ2) is 9.09. The number of thiazole rings is 1. The van der Waals surface area contributed by atoms with Crippen LogP contribution in [0.5, 0.6) is 0 Å². The first kappa shape index (κ1) is 19.5. The van der Waals surface area contributed by atoms with Crippen LogP contribution in [0, 0.1) is 5.92 Å². The number of amides is 1. The van der Waals surface area contributed by atoms with Gasteiger partial charge in [-0.15, -0.1) is 21.5 Å². The highest BCUT2D eigenvalue weighted by Gasteiger charge is 2.24. The molecule has 0 radical (unpaired) electrons. The lowest BCUT2D eigenvalue weighted by Gasteiger charge is -2.16. The summed E-state index contributed by atoms with van der Waals surface area (Å²) in [6.45, 7) is 7.05. The summed E-state index contributed by atoms with van der Waals surface area (Å²) in [4.78, 5) is 20.9. The van der Waals surface area contributed by atoms with Crippen molar-refractivity contribution >= 4 is 34.1 Å². The minimum absolute atomic E-state index is 0.0699. The second-order valence-corrected chi connectivity index (χ2v) is 8.46. The quantitative estimate of drug-likeness (QED) is 0.574. The Bertz CT molecular complexity index is 863. The molecule has 0 fully saturated rings. The summed E-state index contributed by atoms with van der Waals surface area (Å²) in [7, 11) is 0. The average molecular weight is 403 g/mol. The summed E-state index contributed by atoms with van der Waals surface area (Å²) in [6.07, 6.45) is 5.87. The highest BCUT2D eigenvalue weighted by Crippen LogP contribution is 2.29. The molecule has 142 valence electrons. The first-order valence-corrected chi connectivity index (χ1v) is 10.5. The van der Waals surface area contributed by atoms with E-state index in [1.54, 1.807) is 18.6 Å². The van der Waals surface area contributed by atoms with Gasteiger partial charge < -0.3 is 9.88 Å². The number of rotatable bonds is 8. The molecule has 0 aromatic carbocycles. The molecule has 0 spiro atoms. The Morgan fingerprint density at radius 2 is 2.19 bits per heavy atom. The summed E-state index contributed by atoms with van der Waals surface area (Å²) in [5.74, 6) is 1.12. The summed E-state index contributed by atoms with van der Waals surface area (Å²) in [6, 6.07) is 3.85. The number of thioether (sulfide) groups is 1. The van der Waals surface area contributed by atoms with Crippen LogP contribution in [-0.4, -0.2) is 35.9 Å². The minimum atomic E-state index is -0.272. The summed E-state index contributed by atoms with van der Waals surface area (Å²) >= 11 is 2.84. The lowest BCUT2D eigenvalue weighted by molar-refractivity contribution is -0.115. The Kier molecular flexibility index (Phi) is 6.57. The lowest BCUT2D eigenvalue weighted by atomic mass is 10.2. The van der Waals surface area contributed by atoms with Crippen LogP contribution in [0.3, 0.4) is 0 Å². The standard InChI is InChI=1S/C18H22N6OS2/c1-4-14(16(25)21-17-20-8-9-26-17)27-18-23-22-15(24(18)11-12(2)3)13-6-5-7-19-10-13/h5-10,12,14H,4,11H2,1-3H3,(H,20,21,25). The van der Waals surface area contributed by atoms with Gasteiger partial charge in [-0.1, -0.05) is 32.5 Å². The van der Waals surface area contributed by atoms with E-state index in [0.717, 1.165) is 23.1 Å². The molecule has 0 aliphatic rings. The molecule has 0 saturated heterocycles. The number of nitrogens with one attached hydrogen (secondary N) is 1. The molecule has 3 rings (SSSR count). The molecule has 7 nitrogen and oxygen atoms in total. The van der Waals surface area contributed by atoms with Gasteiger partial charge in [-0.05, 0) is 24.5 Å². The molecule has 0 saturated carbocycles. The lowest BCUT2D eigenvalue weighted by Crippen LogP contribution is -2.25. The molecule has 0 aliphatic carbocycles. The molecule has 1 amide bonds. The van der Waals surface area contributed by atoms with Gasteiger partial charge in [0.05, 0.1) is 5.25 Å². The summed E-state index contributed by atoms with van der Waals surface area (Å²) in [5, 5.41) is 14.5. The normalized spacial score (nSPS) is 12.3. The number of anilines is 1. The van der Waals surface area contributed by atoms with Crippen LogP contribution in [0.1, 0.15) is 27.2 Å². The van der Waals surface area contributed by atoms with Crippen molar-refractivity contribution in [3.8, 4) is 11.4 Å². The number of pyridine rings is 1. The van der Waals surface area contributed by atoms with Crippen LogP contribution < -0.4 is 5.32 Å². The highest BCUT2D eigenvalue weighted by atomic mass is 32.2. The van der Waals surface area contributed by atoms with E-state index in [9.17, 15) is 4.79 Å². The van der Waals surface area contributed by atoms with Crippen LogP contribution in [-0.2, 0) is 11.3 Å². The zero-order chi connectivity index (χ0) is 19.2. The van der Waals surface area contributed by atoms with E-state index in [0.29, 0.717) is 17.5 Å². The third-order valence-corrected chi connectivity index (χ3v) is 5.79. The van der Waals surface area contributed by atoms with Crippen molar-refractivity contribution in [1.82, 2.24) is 24.7 Å². The maximum Gasteiger partial charge on any atom is 0.239 e. The van der Waals surface area contributed by atoms with E-state index >= 15 is 0 Å². The van der Waals surface area contributed by atoms with Gasteiger partial charge >= 0.3 is 0 Å². The molecule has 3 heterocycles. The Labute approximate surface area is 166 Å². The first-order valence-electron chi connectivity index (χ1n) is 8.79. The topological polar surface area (TPSA) is 85.6 Å². The smallest absolute Gasteiger partial charge is 0.239 e. The van der Waals surface area contributed by atoms with E-state index in [-0.39, 0.29) is 11.2 Å². The van der Waals surface area contributed by atoms with Crippen molar-refractivity contribution in [1.29, 1.82) is 0 Å². The van der Waals surface area contributed by atoms with E-state index in [1.807, 2.05) is 24.4 Å². The fraction of sp³-hybridized carbons (Fsp3) is 0.389. The predicted octanol–water partition coefficient (Wildman–Crippen LogP) is 3.96. The molecule has 3 aromatic heterocycles. The number of carbonyl (C=O) groups is 1. The van der Waals surface area contributed by atoms with Gasteiger partial charge in [0.1, 0.15) is 0 Å². The molecule has 0 bridgehead atoms. The molecule has 0 aliphatic heterocycles. The maximum atomic E-state index is 12.6. The Balaban J connectivity index is 1.84. The van der Waals surface area contributed by atoms with Gasteiger partial charge in [-0.25, -0.2) is 4.98 Å². The van der Waals surface area contributed by atoms with Gasteiger partial charge in [0.2, 0.25) is 5.91 Å².